The normalized spacial score (nSPS) is 19.9. The van der Waals surface area contributed by atoms with Crippen LogP contribution in [0.15, 0.2) is 48.5 Å². The van der Waals surface area contributed by atoms with Crippen molar-refractivity contribution in [2.24, 2.45) is 0 Å². The van der Waals surface area contributed by atoms with Gasteiger partial charge in [-0.1, -0.05) is 93.5 Å². The second kappa shape index (κ2) is 10.7. The SMILES string of the molecule is O=C(O)C1CCCCCCCCCCN1C(=O)OCC1c2ccccc2-c2ccccc21. The minimum atomic E-state index is -0.935. The van der Waals surface area contributed by atoms with Crippen molar-refractivity contribution in [1.29, 1.82) is 0 Å². The first kappa shape index (κ1) is 22.4. The molecule has 0 saturated carbocycles. The monoisotopic (exact) mass is 435 g/mol. The number of rotatable bonds is 3. The molecule has 1 N–H and O–H groups in total. The standard InChI is InChI=1S/C27H33NO4/c29-26(30)25-17-7-5-3-1-2-4-6-12-18-28(25)27(31)32-19-24-22-15-10-8-13-20(22)21-14-9-11-16-23(21)24/h8-11,13-16,24-25H,1-7,12,17-19H2,(H,29,30). The van der Waals surface area contributed by atoms with Gasteiger partial charge in [-0.3, -0.25) is 4.90 Å². The minimum Gasteiger partial charge on any atom is -0.480 e. The summed E-state index contributed by atoms with van der Waals surface area (Å²) in [5.41, 5.74) is 4.67. The van der Waals surface area contributed by atoms with Gasteiger partial charge in [-0.05, 0) is 35.1 Å². The zero-order valence-electron chi connectivity index (χ0n) is 18.7. The van der Waals surface area contributed by atoms with Gasteiger partial charge in [0.25, 0.3) is 0 Å². The first-order valence-electron chi connectivity index (χ1n) is 12.0. The van der Waals surface area contributed by atoms with Crippen LogP contribution < -0.4 is 0 Å². The number of benzene rings is 2. The van der Waals surface area contributed by atoms with Crippen LogP contribution in [-0.2, 0) is 9.53 Å². The Morgan fingerprint density at radius 1 is 0.812 bits per heavy atom. The first-order chi connectivity index (χ1) is 15.7. The Kier molecular flexibility index (Phi) is 7.46. The average Bonchev–Trinajstić information content (AvgIpc) is 3.11. The van der Waals surface area contributed by atoms with Crippen molar-refractivity contribution in [3.8, 4) is 11.1 Å². The number of carboxylic acids is 1. The first-order valence-corrected chi connectivity index (χ1v) is 12.0. The molecule has 2 aliphatic rings. The van der Waals surface area contributed by atoms with Crippen molar-refractivity contribution in [3.05, 3.63) is 59.7 Å². The number of hydrogen-bond acceptors (Lipinski definition) is 3. The number of ether oxygens (including phenoxy) is 1. The van der Waals surface area contributed by atoms with Gasteiger partial charge in [0.15, 0.2) is 0 Å². The van der Waals surface area contributed by atoms with Crippen molar-refractivity contribution >= 4 is 12.1 Å². The molecule has 2 aromatic rings. The number of fused-ring (bicyclic) bond motifs is 3. The van der Waals surface area contributed by atoms with Gasteiger partial charge < -0.3 is 9.84 Å². The number of nitrogens with zero attached hydrogens (tertiary/aromatic N) is 1. The van der Waals surface area contributed by atoms with E-state index in [0.29, 0.717) is 13.0 Å². The second-order valence-electron chi connectivity index (χ2n) is 8.97. The highest BCUT2D eigenvalue weighted by Gasteiger charge is 2.33. The number of carbonyl (C=O) groups is 2. The molecule has 4 rings (SSSR count). The molecule has 0 bridgehead atoms. The van der Waals surface area contributed by atoms with Crippen LogP contribution in [0, 0.1) is 0 Å². The fourth-order valence-corrected chi connectivity index (χ4v) is 5.14. The van der Waals surface area contributed by atoms with Crippen LogP contribution in [0.5, 0.6) is 0 Å². The van der Waals surface area contributed by atoms with Crippen molar-refractivity contribution < 1.29 is 19.4 Å². The Bertz CT molecular complexity index is 895. The van der Waals surface area contributed by atoms with Crippen LogP contribution in [0.4, 0.5) is 4.79 Å². The predicted octanol–water partition coefficient (Wildman–Crippen LogP) is 6.22. The van der Waals surface area contributed by atoms with Crippen molar-refractivity contribution in [2.75, 3.05) is 13.2 Å². The van der Waals surface area contributed by atoms with Crippen LogP contribution in [0.3, 0.4) is 0 Å². The predicted molar refractivity (Wildman–Crippen MR) is 125 cm³/mol. The molecule has 0 aromatic heterocycles. The van der Waals surface area contributed by atoms with Crippen molar-refractivity contribution in [3.63, 3.8) is 0 Å². The Balaban J connectivity index is 1.49. The largest absolute Gasteiger partial charge is 0.480 e. The molecule has 1 fully saturated rings. The summed E-state index contributed by atoms with van der Waals surface area (Å²) in [5, 5.41) is 9.85. The van der Waals surface area contributed by atoms with Crippen LogP contribution in [0.2, 0.25) is 0 Å². The molecular weight excluding hydrogens is 402 g/mol. The molecular formula is C27H33NO4. The highest BCUT2D eigenvalue weighted by Crippen LogP contribution is 2.44. The lowest BCUT2D eigenvalue weighted by Gasteiger charge is -2.29. The lowest BCUT2D eigenvalue weighted by molar-refractivity contribution is -0.143. The smallest absolute Gasteiger partial charge is 0.410 e. The number of hydrogen-bond donors (Lipinski definition) is 1. The topological polar surface area (TPSA) is 66.8 Å². The van der Waals surface area contributed by atoms with E-state index in [0.717, 1.165) is 49.7 Å². The van der Waals surface area contributed by atoms with Gasteiger partial charge in [0, 0.05) is 12.5 Å². The number of aliphatic carboxylic acids is 1. The molecule has 1 atom stereocenters. The molecule has 0 spiro atoms. The van der Waals surface area contributed by atoms with Gasteiger partial charge in [0.2, 0.25) is 0 Å². The summed E-state index contributed by atoms with van der Waals surface area (Å²) in [5.74, 6) is -0.961. The summed E-state index contributed by atoms with van der Waals surface area (Å²) in [7, 11) is 0. The quantitative estimate of drug-likeness (QED) is 0.622. The van der Waals surface area contributed by atoms with E-state index in [1.807, 2.05) is 24.3 Å². The van der Waals surface area contributed by atoms with E-state index < -0.39 is 18.1 Å². The lowest BCUT2D eigenvalue weighted by atomic mass is 9.98. The van der Waals surface area contributed by atoms with E-state index in [9.17, 15) is 14.7 Å². The molecule has 1 amide bonds. The maximum Gasteiger partial charge on any atom is 0.410 e. The molecule has 1 saturated heterocycles. The molecule has 32 heavy (non-hydrogen) atoms. The Hall–Kier alpha value is -2.82. The summed E-state index contributed by atoms with van der Waals surface area (Å²) in [6.45, 7) is 0.656. The fourth-order valence-electron chi connectivity index (χ4n) is 5.14. The zero-order valence-corrected chi connectivity index (χ0v) is 18.7. The van der Waals surface area contributed by atoms with E-state index in [1.165, 1.54) is 28.9 Å². The van der Waals surface area contributed by atoms with Gasteiger partial charge in [0.05, 0.1) is 0 Å². The summed E-state index contributed by atoms with van der Waals surface area (Å²) >= 11 is 0. The minimum absolute atomic E-state index is 0.0259. The lowest BCUT2D eigenvalue weighted by Crippen LogP contribution is -2.46. The second-order valence-corrected chi connectivity index (χ2v) is 8.97. The Morgan fingerprint density at radius 2 is 1.34 bits per heavy atom. The van der Waals surface area contributed by atoms with Gasteiger partial charge in [-0.2, -0.15) is 0 Å². The van der Waals surface area contributed by atoms with Crippen molar-refractivity contribution in [2.45, 2.75) is 69.7 Å². The van der Waals surface area contributed by atoms with Crippen molar-refractivity contribution in [1.82, 2.24) is 4.90 Å². The summed E-state index contributed by atoms with van der Waals surface area (Å²) in [6.07, 6.45) is 8.35. The molecule has 5 nitrogen and oxygen atoms in total. The van der Waals surface area contributed by atoms with Crippen LogP contribution in [0.25, 0.3) is 11.1 Å². The molecule has 2 aromatic carbocycles. The molecule has 0 radical (unpaired) electrons. The third-order valence-corrected chi connectivity index (χ3v) is 6.86. The highest BCUT2D eigenvalue weighted by molar-refractivity contribution is 5.81. The van der Waals surface area contributed by atoms with E-state index in [4.69, 9.17) is 4.74 Å². The molecule has 5 heteroatoms. The third kappa shape index (κ3) is 4.98. The van der Waals surface area contributed by atoms with E-state index >= 15 is 0 Å². The molecule has 1 heterocycles. The zero-order chi connectivity index (χ0) is 22.3. The summed E-state index contributed by atoms with van der Waals surface area (Å²) in [6, 6.07) is 15.6. The van der Waals surface area contributed by atoms with E-state index in [1.54, 1.807) is 0 Å². The van der Waals surface area contributed by atoms with Gasteiger partial charge in [-0.25, -0.2) is 9.59 Å². The number of amides is 1. The van der Waals surface area contributed by atoms with Gasteiger partial charge in [-0.15, -0.1) is 0 Å². The maximum absolute atomic E-state index is 13.2. The van der Waals surface area contributed by atoms with E-state index in [2.05, 4.69) is 24.3 Å². The number of carbonyl (C=O) groups excluding carboxylic acids is 1. The maximum atomic E-state index is 13.2. The van der Waals surface area contributed by atoms with Crippen LogP contribution >= 0.6 is 0 Å². The van der Waals surface area contributed by atoms with Gasteiger partial charge >= 0.3 is 12.1 Å². The van der Waals surface area contributed by atoms with E-state index in [-0.39, 0.29) is 12.5 Å². The molecule has 170 valence electrons. The Labute approximate surface area is 190 Å². The molecule has 1 aliphatic carbocycles. The Morgan fingerprint density at radius 3 is 1.94 bits per heavy atom. The summed E-state index contributed by atoms with van der Waals surface area (Å²) < 4.78 is 5.81. The summed E-state index contributed by atoms with van der Waals surface area (Å²) in [4.78, 5) is 26.6. The molecule has 1 aliphatic heterocycles. The average molecular weight is 436 g/mol. The fraction of sp³-hybridized carbons (Fsp3) is 0.481. The van der Waals surface area contributed by atoms with Crippen LogP contribution in [-0.4, -0.2) is 41.3 Å². The molecule has 1 unspecified atom stereocenters. The number of carboxylic acid groups (broad SMARTS) is 1. The highest BCUT2D eigenvalue weighted by atomic mass is 16.6. The third-order valence-electron chi connectivity index (χ3n) is 6.86. The van der Waals surface area contributed by atoms with Crippen LogP contribution in [0.1, 0.15) is 74.8 Å². The van der Waals surface area contributed by atoms with Gasteiger partial charge in [0.1, 0.15) is 12.6 Å².